The van der Waals surface area contributed by atoms with Crippen LogP contribution in [0.25, 0.3) is 0 Å². The lowest BCUT2D eigenvalue weighted by molar-refractivity contribution is -0.0557. The third-order valence-electron chi connectivity index (χ3n) is 3.74. The fourth-order valence-corrected chi connectivity index (χ4v) is 4.10. The average Bonchev–Trinajstić information content (AvgIpc) is 2.56. The smallest absolute Gasteiger partial charge is 0.244 e. The number of benzene rings is 1. The lowest BCUT2D eigenvalue weighted by Gasteiger charge is -2.36. The maximum absolute atomic E-state index is 13.1. The van der Waals surface area contributed by atoms with E-state index < -0.39 is 16.1 Å². The molecule has 1 aliphatic heterocycles. The monoisotopic (exact) mass is 336 g/mol. The van der Waals surface area contributed by atoms with Crippen molar-refractivity contribution in [3.63, 3.8) is 0 Å². The Morgan fingerprint density at radius 3 is 2.61 bits per heavy atom. The van der Waals surface area contributed by atoms with Crippen LogP contribution in [0, 0.1) is 5.82 Å². The van der Waals surface area contributed by atoms with Gasteiger partial charge in [-0.1, -0.05) is 12.1 Å². The van der Waals surface area contributed by atoms with E-state index in [0.717, 1.165) is 5.56 Å². The van der Waals surface area contributed by atoms with E-state index in [-0.39, 0.29) is 29.9 Å². The van der Waals surface area contributed by atoms with Gasteiger partial charge >= 0.3 is 0 Å². The van der Waals surface area contributed by atoms with Crippen LogP contribution in [0.5, 0.6) is 0 Å². The minimum atomic E-state index is -3.63. The van der Waals surface area contributed by atoms with Gasteiger partial charge < -0.3 is 4.74 Å². The maximum Gasteiger partial charge on any atom is 0.244 e. The van der Waals surface area contributed by atoms with Gasteiger partial charge in [-0.2, -0.15) is 4.31 Å². The van der Waals surface area contributed by atoms with Crippen LogP contribution < -0.4 is 0 Å². The zero-order valence-corrected chi connectivity index (χ0v) is 13.4. The van der Waals surface area contributed by atoms with E-state index in [1.807, 2.05) is 6.92 Å². The van der Waals surface area contributed by atoms with E-state index in [1.165, 1.54) is 34.9 Å². The van der Waals surface area contributed by atoms with E-state index >= 15 is 0 Å². The molecule has 122 valence electrons. The van der Waals surface area contributed by atoms with Crippen LogP contribution in [0.4, 0.5) is 4.39 Å². The van der Waals surface area contributed by atoms with Crippen LogP contribution in [0.1, 0.15) is 18.6 Å². The molecule has 7 heteroatoms. The number of rotatable bonds is 3. The quantitative estimate of drug-likeness (QED) is 0.863. The van der Waals surface area contributed by atoms with Gasteiger partial charge in [0.25, 0.3) is 0 Å². The molecule has 23 heavy (non-hydrogen) atoms. The number of aromatic nitrogens is 1. The zero-order valence-electron chi connectivity index (χ0n) is 12.6. The molecular weight excluding hydrogens is 319 g/mol. The molecule has 2 heterocycles. The number of sulfonamides is 1. The second kappa shape index (κ2) is 6.35. The predicted molar refractivity (Wildman–Crippen MR) is 82.7 cm³/mol. The summed E-state index contributed by atoms with van der Waals surface area (Å²) in [4.78, 5) is 4.03. The molecule has 0 unspecified atom stereocenters. The highest BCUT2D eigenvalue weighted by Crippen LogP contribution is 2.28. The summed E-state index contributed by atoms with van der Waals surface area (Å²) >= 11 is 0. The third-order valence-corrected chi connectivity index (χ3v) is 5.56. The van der Waals surface area contributed by atoms with Crippen molar-refractivity contribution in [3.8, 4) is 0 Å². The highest BCUT2D eigenvalue weighted by molar-refractivity contribution is 7.89. The van der Waals surface area contributed by atoms with Gasteiger partial charge in [-0.3, -0.25) is 4.98 Å². The summed E-state index contributed by atoms with van der Waals surface area (Å²) in [5.41, 5.74) is 0.754. The summed E-state index contributed by atoms with van der Waals surface area (Å²) in [6.45, 7) is 2.28. The normalized spacial score (nSPS) is 22.9. The number of nitrogens with zero attached hydrogens (tertiary/aromatic N) is 2. The van der Waals surface area contributed by atoms with Crippen molar-refractivity contribution < 1.29 is 17.5 Å². The second-order valence-corrected chi connectivity index (χ2v) is 7.44. The summed E-state index contributed by atoms with van der Waals surface area (Å²) in [6, 6.07) is 9.04. The van der Waals surface area contributed by atoms with E-state index in [2.05, 4.69) is 4.98 Å². The number of hydrogen-bond acceptors (Lipinski definition) is 4. The number of halogens is 1. The first-order chi connectivity index (χ1) is 11.0. The Bertz CT molecular complexity index is 766. The van der Waals surface area contributed by atoms with Crippen LogP contribution >= 0.6 is 0 Å². The first kappa shape index (κ1) is 16.0. The van der Waals surface area contributed by atoms with Crippen LogP contribution in [-0.2, 0) is 14.8 Å². The van der Waals surface area contributed by atoms with Crippen molar-refractivity contribution in [1.82, 2.24) is 9.29 Å². The molecule has 1 aliphatic rings. The van der Waals surface area contributed by atoms with Gasteiger partial charge in [0, 0.05) is 25.5 Å². The number of pyridine rings is 1. The lowest BCUT2D eigenvalue weighted by atomic mass is 10.1. The van der Waals surface area contributed by atoms with Gasteiger partial charge in [0.1, 0.15) is 10.7 Å². The first-order valence-corrected chi connectivity index (χ1v) is 8.72. The van der Waals surface area contributed by atoms with E-state index in [0.29, 0.717) is 0 Å². The molecule has 1 aromatic heterocycles. The third kappa shape index (κ3) is 3.41. The Kier molecular flexibility index (Phi) is 4.43. The van der Waals surface area contributed by atoms with Crippen LogP contribution in [-0.4, -0.2) is 36.9 Å². The number of morpholine rings is 1. The average molecular weight is 336 g/mol. The minimum Gasteiger partial charge on any atom is -0.368 e. The topological polar surface area (TPSA) is 59.5 Å². The summed E-state index contributed by atoms with van der Waals surface area (Å²) in [5.74, 6) is -0.336. The maximum atomic E-state index is 13.1. The number of hydrogen-bond donors (Lipinski definition) is 0. The molecule has 0 amide bonds. The van der Waals surface area contributed by atoms with Crippen molar-refractivity contribution in [2.75, 3.05) is 13.1 Å². The molecule has 0 radical (unpaired) electrons. The van der Waals surface area contributed by atoms with Gasteiger partial charge in [-0.05, 0) is 36.8 Å². The molecule has 0 spiro atoms. The van der Waals surface area contributed by atoms with Crippen LogP contribution in [0.15, 0.2) is 53.7 Å². The molecule has 1 aromatic carbocycles. The minimum absolute atomic E-state index is 0.159. The van der Waals surface area contributed by atoms with Crippen molar-refractivity contribution in [1.29, 1.82) is 0 Å². The fourth-order valence-electron chi connectivity index (χ4n) is 2.62. The Labute approximate surface area is 134 Å². The molecule has 2 aromatic rings. The van der Waals surface area contributed by atoms with E-state index in [4.69, 9.17) is 4.74 Å². The molecule has 0 saturated carbocycles. The highest BCUT2D eigenvalue weighted by Gasteiger charge is 2.34. The predicted octanol–water partition coefficient (Wildman–Crippen LogP) is 2.37. The summed E-state index contributed by atoms with van der Waals surface area (Å²) < 4.78 is 45.8. The van der Waals surface area contributed by atoms with Gasteiger partial charge in [0.05, 0.1) is 12.2 Å². The molecule has 1 fully saturated rings. The zero-order chi connectivity index (χ0) is 16.4. The number of ether oxygens (including phenoxy) is 1. The van der Waals surface area contributed by atoms with Crippen molar-refractivity contribution >= 4 is 10.0 Å². The molecule has 0 N–H and O–H groups in total. The van der Waals surface area contributed by atoms with Crippen molar-refractivity contribution in [2.45, 2.75) is 24.0 Å². The van der Waals surface area contributed by atoms with Crippen LogP contribution in [0.2, 0.25) is 0 Å². The Morgan fingerprint density at radius 2 is 1.96 bits per heavy atom. The molecule has 2 atom stereocenters. The van der Waals surface area contributed by atoms with E-state index in [1.54, 1.807) is 18.2 Å². The van der Waals surface area contributed by atoms with Gasteiger partial charge in [-0.15, -0.1) is 0 Å². The first-order valence-electron chi connectivity index (χ1n) is 7.28. The molecule has 3 rings (SSSR count). The van der Waals surface area contributed by atoms with Crippen molar-refractivity contribution in [2.24, 2.45) is 0 Å². The molecule has 5 nitrogen and oxygen atoms in total. The molecule has 0 aliphatic carbocycles. The largest absolute Gasteiger partial charge is 0.368 e. The standard InChI is InChI=1S/C16H17FN2O3S/c1-12-10-19(23(20,21)15-3-2-8-18-9-15)11-16(22-12)13-4-6-14(17)7-5-13/h2-9,12,16H,10-11H2,1H3/t12-,16+/m1/s1. The Morgan fingerprint density at radius 1 is 1.22 bits per heavy atom. The van der Waals surface area contributed by atoms with Gasteiger partial charge in [-0.25, -0.2) is 12.8 Å². The second-order valence-electron chi connectivity index (χ2n) is 5.50. The van der Waals surface area contributed by atoms with Crippen molar-refractivity contribution in [3.05, 3.63) is 60.2 Å². The molecular formula is C16H17FN2O3S. The van der Waals surface area contributed by atoms with Gasteiger partial charge in [0.15, 0.2) is 0 Å². The summed E-state index contributed by atoms with van der Waals surface area (Å²) in [7, 11) is -3.63. The lowest BCUT2D eigenvalue weighted by Crippen LogP contribution is -2.45. The molecule has 0 bridgehead atoms. The molecule has 1 saturated heterocycles. The fraction of sp³-hybridized carbons (Fsp3) is 0.312. The van der Waals surface area contributed by atoms with E-state index in [9.17, 15) is 12.8 Å². The Balaban J connectivity index is 1.87. The van der Waals surface area contributed by atoms with Crippen LogP contribution in [0.3, 0.4) is 0 Å². The summed E-state index contributed by atoms with van der Waals surface area (Å²) in [6.07, 6.45) is 2.18. The summed E-state index contributed by atoms with van der Waals surface area (Å²) in [5, 5.41) is 0. The highest BCUT2D eigenvalue weighted by atomic mass is 32.2. The SMILES string of the molecule is C[C@@H]1CN(S(=O)(=O)c2cccnc2)C[C@@H](c2ccc(F)cc2)O1. The Hall–Kier alpha value is -1.83. The van der Waals surface area contributed by atoms with Gasteiger partial charge in [0.2, 0.25) is 10.0 Å².